The number of nitrogens with one attached hydrogen (secondary N) is 1. The first-order valence-electron chi connectivity index (χ1n) is 5.65. The summed E-state index contributed by atoms with van der Waals surface area (Å²) in [4.78, 5) is 23.4. The molecule has 0 aliphatic rings. The largest absolute Gasteiger partial charge is 0.427 e. The van der Waals surface area contributed by atoms with Crippen LogP contribution in [-0.2, 0) is 0 Å². The molecule has 1 heterocycles. The van der Waals surface area contributed by atoms with Gasteiger partial charge in [-0.25, -0.2) is 4.79 Å². The molecular weight excluding hydrogens is 310 g/mol. The third-order valence-electron chi connectivity index (χ3n) is 2.64. The molecular formula is C14H12BrNO3. The van der Waals surface area contributed by atoms with Crippen molar-refractivity contribution in [3.05, 3.63) is 62.1 Å². The average molecular weight is 322 g/mol. The molecule has 2 aromatic rings. The number of halogens is 1. The maximum absolute atomic E-state index is 12.2. The predicted molar refractivity (Wildman–Crippen MR) is 76.5 cm³/mol. The van der Waals surface area contributed by atoms with Gasteiger partial charge in [-0.05, 0) is 37.6 Å². The molecule has 1 N–H and O–H groups in total. The Balaban J connectivity index is 2.33. The van der Waals surface area contributed by atoms with Crippen molar-refractivity contribution in [2.75, 3.05) is 5.32 Å². The molecule has 0 atom stereocenters. The van der Waals surface area contributed by atoms with Crippen molar-refractivity contribution in [1.82, 2.24) is 0 Å². The average Bonchev–Trinajstić information content (AvgIpc) is 2.27. The van der Waals surface area contributed by atoms with Gasteiger partial charge in [0.05, 0.1) is 5.56 Å². The lowest BCUT2D eigenvalue weighted by molar-refractivity contribution is 0.102. The summed E-state index contributed by atoms with van der Waals surface area (Å²) in [7, 11) is 0. The quantitative estimate of drug-likeness (QED) is 0.923. The minimum atomic E-state index is -0.450. The van der Waals surface area contributed by atoms with Crippen molar-refractivity contribution in [3.63, 3.8) is 0 Å². The van der Waals surface area contributed by atoms with Crippen LogP contribution < -0.4 is 10.9 Å². The van der Waals surface area contributed by atoms with Crippen molar-refractivity contribution in [3.8, 4) is 0 Å². The summed E-state index contributed by atoms with van der Waals surface area (Å²) >= 11 is 3.34. The summed E-state index contributed by atoms with van der Waals surface area (Å²) in [6.45, 7) is 3.31. The first-order chi connectivity index (χ1) is 8.97. The minimum absolute atomic E-state index is 0.295. The van der Waals surface area contributed by atoms with E-state index in [1.54, 1.807) is 26.0 Å². The SMILES string of the molecule is Cc1cc(=O)oc(C)c1C(=O)Nc1cccc(Br)c1. The van der Waals surface area contributed by atoms with Gasteiger partial charge < -0.3 is 9.73 Å². The van der Waals surface area contributed by atoms with Crippen LogP contribution in [0.15, 0.2) is 44.0 Å². The smallest absolute Gasteiger partial charge is 0.336 e. The van der Waals surface area contributed by atoms with Gasteiger partial charge in [-0.1, -0.05) is 22.0 Å². The monoisotopic (exact) mass is 321 g/mol. The van der Waals surface area contributed by atoms with Crippen molar-refractivity contribution >= 4 is 27.5 Å². The van der Waals surface area contributed by atoms with Gasteiger partial charge >= 0.3 is 5.63 Å². The number of hydrogen-bond donors (Lipinski definition) is 1. The summed E-state index contributed by atoms with van der Waals surface area (Å²) in [5.41, 5.74) is 1.21. The van der Waals surface area contributed by atoms with E-state index in [1.165, 1.54) is 6.07 Å². The topological polar surface area (TPSA) is 59.3 Å². The van der Waals surface area contributed by atoms with E-state index in [9.17, 15) is 9.59 Å². The van der Waals surface area contributed by atoms with Crippen LogP contribution in [0, 0.1) is 13.8 Å². The second-order valence-electron chi connectivity index (χ2n) is 4.14. The van der Waals surface area contributed by atoms with Gasteiger partial charge in [0.25, 0.3) is 5.91 Å². The standard InChI is InChI=1S/C14H12BrNO3/c1-8-6-12(17)19-9(2)13(8)14(18)16-11-5-3-4-10(15)7-11/h3-7H,1-2H3,(H,16,18). The van der Waals surface area contributed by atoms with Gasteiger partial charge in [0.15, 0.2) is 0 Å². The maximum Gasteiger partial charge on any atom is 0.336 e. The zero-order chi connectivity index (χ0) is 14.0. The Morgan fingerprint density at radius 3 is 2.63 bits per heavy atom. The van der Waals surface area contributed by atoms with E-state index in [0.29, 0.717) is 22.6 Å². The number of carbonyl (C=O) groups excluding carboxylic acids is 1. The highest BCUT2D eigenvalue weighted by atomic mass is 79.9. The first kappa shape index (κ1) is 13.5. The van der Waals surface area contributed by atoms with E-state index in [2.05, 4.69) is 21.2 Å². The zero-order valence-corrected chi connectivity index (χ0v) is 12.1. The van der Waals surface area contributed by atoms with E-state index in [1.807, 2.05) is 12.1 Å². The Morgan fingerprint density at radius 1 is 1.26 bits per heavy atom. The van der Waals surface area contributed by atoms with Gasteiger partial charge in [0.1, 0.15) is 5.76 Å². The molecule has 1 aromatic heterocycles. The number of amides is 1. The highest BCUT2D eigenvalue weighted by Gasteiger charge is 2.15. The molecule has 0 aliphatic carbocycles. The van der Waals surface area contributed by atoms with Crippen molar-refractivity contribution < 1.29 is 9.21 Å². The number of hydrogen-bond acceptors (Lipinski definition) is 3. The summed E-state index contributed by atoms with van der Waals surface area (Å²) in [6.07, 6.45) is 0. The summed E-state index contributed by atoms with van der Waals surface area (Å²) in [6, 6.07) is 8.58. The van der Waals surface area contributed by atoms with Gasteiger partial charge in [0.2, 0.25) is 0 Å². The fourth-order valence-corrected chi connectivity index (χ4v) is 2.26. The minimum Gasteiger partial charge on any atom is -0.427 e. The second-order valence-corrected chi connectivity index (χ2v) is 5.06. The zero-order valence-electron chi connectivity index (χ0n) is 10.5. The van der Waals surface area contributed by atoms with E-state index in [4.69, 9.17) is 4.42 Å². The van der Waals surface area contributed by atoms with Crippen molar-refractivity contribution in [2.24, 2.45) is 0 Å². The summed E-state index contributed by atoms with van der Waals surface area (Å²) < 4.78 is 5.82. The number of aryl methyl sites for hydroxylation is 2. The third-order valence-corrected chi connectivity index (χ3v) is 3.14. The van der Waals surface area contributed by atoms with Crippen LogP contribution in [0.3, 0.4) is 0 Å². The fourth-order valence-electron chi connectivity index (χ4n) is 1.86. The van der Waals surface area contributed by atoms with Gasteiger partial charge in [-0.15, -0.1) is 0 Å². The molecule has 5 heteroatoms. The van der Waals surface area contributed by atoms with Gasteiger partial charge in [-0.2, -0.15) is 0 Å². The Bertz CT molecular complexity index is 665. The number of carbonyl (C=O) groups is 1. The van der Waals surface area contributed by atoms with E-state index >= 15 is 0 Å². The molecule has 0 unspecified atom stereocenters. The lowest BCUT2D eigenvalue weighted by Gasteiger charge is -2.09. The van der Waals surface area contributed by atoms with E-state index in [-0.39, 0.29) is 5.91 Å². The predicted octanol–water partition coefficient (Wildman–Crippen LogP) is 3.27. The molecule has 0 aliphatic heterocycles. The normalized spacial score (nSPS) is 10.3. The molecule has 19 heavy (non-hydrogen) atoms. The molecule has 0 bridgehead atoms. The lowest BCUT2D eigenvalue weighted by atomic mass is 10.1. The lowest BCUT2D eigenvalue weighted by Crippen LogP contribution is -2.17. The van der Waals surface area contributed by atoms with Gasteiger partial charge in [-0.3, -0.25) is 4.79 Å². The van der Waals surface area contributed by atoms with E-state index < -0.39 is 5.63 Å². The molecule has 1 amide bonds. The van der Waals surface area contributed by atoms with Crippen LogP contribution in [0.4, 0.5) is 5.69 Å². The Hall–Kier alpha value is -1.88. The summed E-state index contributed by atoms with van der Waals surface area (Å²) in [5, 5.41) is 2.77. The molecule has 4 nitrogen and oxygen atoms in total. The molecule has 2 rings (SSSR count). The fraction of sp³-hybridized carbons (Fsp3) is 0.143. The first-order valence-corrected chi connectivity index (χ1v) is 6.45. The molecule has 0 saturated carbocycles. The molecule has 0 spiro atoms. The molecule has 0 fully saturated rings. The Kier molecular flexibility index (Phi) is 3.85. The Morgan fingerprint density at radius 2 is 2.00 bits per heavy atom. The molecule has 98 valence electrons. The number of anilines is 1. The van der Waals surface area contributed by atoms with Crippen LogP contribution in [0.25, 0.3) is 0 Å². The Labute approximate surface area is 118 Å². The highest BCUT2D eigenvalue weighted by Crippen LogP contribution is 2.18. The second kappa shape index (κ2) is 5.40. The third kappa shape index (κ3) is 3.12. The molecule has 1 aromatic carbocycles. The van der Waals surface area contributed by atoms with Gasteiger partial charge in [0, 0.05) is 16.2 Å². The van der Waals surface area contributed by atoms with Crippen LogP contribution in [0.5, 0.6) is 0 Å². The van der Waals surface area contributed by atoms with Crippen LogP contribution >= 0.6 is 15.9 Å². The van der Waals surface area contributed by atoms with Crippen LogP contribution in [-0.4, -0.2) is 5.91 Å². The van der Waals surface area contributed by atoms with E-state index in [0.717, 1.165) is 4.47 Å². The van der Waals surface area contributed by atoms with Crippen molar-refractivity contribution in [2.45, 2.75) is 13.8 Å². The highest BCUT2D eigenvalue weighted by molar-refractivity contribution is 9.10. The van der Waals surface area contributed by atoms with Crippen LogP contribution in [0.1, 0.15) is 21.7 Å². The van der Waals surface area contributed by atoms with Crippen LogP contribution in [0.2, 0.25) is 0 Å². The molecule has 0 saturated heterocycles. The molecule has 0 radical (unpaired) electrons. The maximum atomic E-state index is 12.2. The number of rotatable bonds is 2. The number of benzene rings is 1. The summed E-state index contributed by atoms with van der Waals surface area (Å²) in [5.74, 6) is 0.0225. The van der Waals surface area contributed by atoms with Crippen molar-refractivity contribution in [1.29, 1.82) is 0 Å².